The molecule has 306 valence electrons. The highest BCUT2D eigenvalue weighted by Crippen LogP contribution is 2.83. The van der Waals surface area contributed by atoms with Crippen LogP contribution in [-0.4, -0.2) is 36.6 Å². The normalized spacial score (nSPS) is 46.1. The lowest BCUT2D eigenvalue weighted by molar-refractivity contribution is 0.0701. The first-order chi connectivity index (χ1) is 25.6. The molecule has 1 atom stereocenters. The molecule has 1 unspecified atom stereocenters. The average molecular weight is 800 g/mol. The Bertz CT molecular complexity index is 1210. The van der Waals surface area contributed by atoms with Gasteiger partial charge in [0.2, 0.25) is 0 Å². The lowest BCUT2D eigenvalue weighted by Gasteiger charge is -2.42. The Morgan fingerprint density at radius 1 is 0.264 bits per heavy atom. The van der Waals surface area contributed by atoms with Gasteiger partial charge in [-0.2, -0.15) is 0 Å². The number of hydrogen-bond donors (Lipinski definition) is 0. The number of nitrogens with zero attached hydrogens (tertiary/aromatic N) is 3. The maximum Gasteiger partial charge on any atom is 0.349 e. The monoisotopic (exact) mass is 799 g/mol. The average Bonchev–Trinajstić information content (AvgIpc) is 3.13. The highest BCUT2D eigenvalue weighted by molar-refractivity contribution is 7.78. The summed E-state index contributed by atoms with van der Waals surface area (Å²) in [7, 11) is -10.1. The van der Waals surface area contributed by atoms with Gasteiger partial charge < -0.3 is 27.1 Å². The van der Waals surface area contributed by atoms with E-state index in [-0.39, 0.29) is 36.6 Å². The Hall–Kier alpha value is 0.450. The first-order valence-electron chi connectivity index (χ1n) is 22.6. The largest absolute Gasteiger partial charge is 0.349 e. The van der Waals surface area contributed by atoms with E-state index < -0.39 is 23.0 Å². The van der Waals surface area contributed by atoms with E-state index in [1.807, 2.05) is 0 Å². The molecule has 0 N–H and O–H groups in total. The molecule has 6 fully saturated rings. The summed E-state index contributed by atoms with van der Waals surface area (Å²) in [5.74, 6) is 3.54. The Labute approximate surface area is 324 Å². The van der Waals surface area contributed by atoms with Crippen molar-refractivity contribution < 1.29 is 27.1 Å². The maximum absolute atomic E-state index is 7.45. The predicted molar refractivity (Wildman–Crippen MR) is 219 cm³/mol. The standard InChI is InChI=1S/C41H76N3O6P3/c1-31-11-21-37(22-12-31)46-51(45-36-9-7-6-8-10-36)42-52(47-38-23-13-32(2)14-24-38,48-39-25-15-33(3)16-26-39)44-53(43-51,49-40-27-17-34(4)18-28-40)50-41-29-19-35(5)20-30-41/h31-41H,6-30H2,1-5H3. The van der Waals surface area contributed by atoms with Crippen LogP contribution in [0, 0.1) is 29.6 Å². The molecule has 0 amide bonds. The van der Waals surface area contributed by atoms with E-state index in [2.05, 4.69) is 34.6 Å². The molecule has 7 rings (SSSR count). The minimum absolute atomic E-state index is 0.0349. The summed E-state index contributed by atoms with van der Waals surface area (Å²) < 4.78 is 61.9. The molecule has 0 aromatic heterocycles. The second-order valence-electron chi connectivity index (χ2n) is 19.0. The molecular formula is C41H76N3O6P3. The molecule has 1 heterocycles. The van der Waals surface area contributed by atoms with Gasteiger partial charge in [-0.25, -0.2) is 0 Å². The molecule has 0 aromatic rings. The molecule has 7 aliphatic rings. The van der Waals surface area contributed by atoms with Crippen molar-refractivity contribution in [3.05, 3.63) is 0 Å². The second-order valence-corrected chi connectivity index (χ2v) is 25.4. The molecule has 53 heavy (non-hydrogen) atoms. The first-order valence-corrected chi connectivity index (χ1v) is 27.2. The van der Waals surface area contributed by atoms with Crippen molar-refractivity contribution in [2.45, 2.75) is 232 Å². The fourth-order valence-corrected chi connectivity index (χ4v) is 20.4. The summed E-state index contributed by atoms with van der Waals surface area (Å²) in [5.41, 5.74) is 0. The predicted octanol–water partition coefficient (Wildman–Crippen LogP) is 15.2. The van der Waals surface area contributed by atoms with Gasteiger partial charge in [0.25, 0.3) is 0 Å². The van der Waals surface area contributed by atoms with Crippen molar-refractivity contribution in [3.63, 3.8) is 0 Å². The van der Waals surface area contributed by atoms with Gasteiger partial charge in [-0.1, -0.05) is 53.9 Å². The zero-order chi connectivity index (χ0) is 36.9. The van der Waals surface area contributed by atoms with Crippen molar-refractivity contribution in [2.24, 2.45) is 43.1 Å². The summed E-state index contributed by atoms with van der Waals surface area (Å²) in [4.78, 5) is 0. The minimum Gasteiger partial charge on any atom is -0.303 e. The van der Waals surface area contributed by atoms with E-state index >= 15 is 0 Å². The third-order valence-electron chi connectivity index (χ3n) is 13.8. The van der Waals surface area contributed by atoms with Crippen LogP contribution in [0.2, 0.25) is 0 Å². The smallest absolute Gasteiger partial charge is 0.303 e. The van der Waals surface area contributed by atoms with E-state index in [4.69, 9.17) is 40.7 Å². The van der Waals surface area contributed by atoms with Crippen LogP contribution < -0.4 is 0 Å². The van der Waals surface area contributed by atoms with Crippen LogP contribution in [-0.2, 0) is 27.1 Å². The molecule has 0 bridgehead atoms. The Balaban J connectivity index is 1.38. The number of rotatable bonds is 12. The van der Waals surface area contributed by atoms with Crippen molar-refractivity contribution in [1.29, 1.82) is 0 Å². The Morgan fingerprint density at radius 3 is 0.660 bits per heavy atom. The zero-order valence-corrected chi connectivity index (χ0v) is 36.8. The highest BCUT2D eigenvalue weighted by Gasteiger charge is 2.49. The van der Waals surface area contributed by atoms with E-state index in [0.717, 1.165) is 154 Å². The molecule has 0 aromatic carbocycles. The molecule has 9 nitrogen and oxygen atoms in total. The fourth-order valence-electron chi connectivity index (χ4n) is 9.82. The summed E-state index contributed by atoms with van der Waals surface area (Å²) in [6.45, 7) is 11.9. The first kappa shape index (κ1) is 41.6. The van der Waals surface area contributed by atoms with Gasteiger partial charge in [0.1, 0.15) is 0 Å². The third kappa shape index (κ3) is 11.8. The quantitative estimate of drug-likeness (QED) is 0.183. The SMILES string of the molecule is CC1CCC(OP2(OC3CCCCC3)=NP(OC3CCC(C)CC3)(OC3CCC(C)CC3)=NP(OC3CCC(C)CC3)(OC3CCC(C)CC3)=N2)CC1. The van der Waals surface area contributed by atoms with Crippen LogP contribution in [0.4, 0.5) is 0 Å². The van der Waals surface area contributed by atoms with Crippen molar-refractivity contribution in [3.8, 4) is 0 Å². The van der Waals surface area contributed by atoms with Gasteiger partial charge >= 0.3 is 23.0 Å². The van der Waals surface area contributed by atoms with Crippen LogP contribution in [0.5, 0.6) is 0 Å². The van der Waals surface area contributed by atoms with Gasteiger partial charge in [0, 0.05) is 0 Å². The van der Waals surface area contributed by atoms with Gasteiger partial charge in [-0.3, -0.25) is 0 Å². The molecule has 0 saturated heterocycles. The summed E-state index contributed by atoms with van der Waals surface area (Å²) in [6, 6.07) is 0. The van der Waals surface area contributed by atoms with Crippen LogP contribution in [0.25, 0.3) is 0 Å². The molecule has 12 heteroatoms. The Morgan fingerprint density at radius 2 is 0.453 bits per heavy atom. The highest BCUT2D eigenvalue weighted by atomic mass is 31.3. The van der Waals surface area contributed by atoms with E-state index in [1.165, 1.54) is 6.42 Å². The third-order valence-corrected chi connectivity index (χ3v) is 22.6. The lowest BCUT2D eigenvalue weighted by atomic mass is 9.89. The summed E-state index contributed by atoms with van der Waals surface area (Å²) >= 11 is 0. The van der Waals surface area contributed by atoms with Crippen molar-refractivity contribution in [2.75, 3.05) is 0 Å². The molecule has 6 aliphatic carbocycles. The van der Waals surface area contributed by atoms with Gasteiger partial charge in [0.05, 0.1) is 36.6 Å². The van der Waals surface area contributed by atoms with Crippen LogP contribution in [0.3, 0.4) is 0 Å². The Kier molecular flexibility index (Phi) is 14.9. The van der Waals surface area contributed by atoms with E-state index in [0.29, 0.717) is 29.6 Å². The molecular weight excluding hydrogens is 723 g/mol. The van der Waals surface area contributed by atoms with E-state index in [1.54, 1.807) is 0 Å². The van der Waals surface area contributed by atoms with Gasteiger partial charge in [-0.15, -0.1) is 13.5 Å². The molecule has 0 spiro atoms. The topological polar surface area (TPSA) is 92.5 Å². The maximum atomic E-state index is 7.45. The zero-order valence-electron chi connectivity index (χ0n) is 34.2. The van der Waals surface area contributed by atoms with Crippen molar-refractivity contribution in [1.82, 2.24) is 0 Å². The summed E-state index contributed by atoms with van der Waals surface area (Å²) in [6.07, 6.45) is 27.4. The van der Waals surface area contributed by atoms with Gasteiger partial charge in [0.15, 0.2) is 0 Å². The molecule has 1 aliphatic heterocycles. The summed E-state index contributed by atoms with van der Waals surface area (Å²) in [5, 5.41) is 0. The lowest BCUT2D eigenvalue weighted by Crippen LogP contribution is -2.26. The van der Waals surface area contributed by atoms with Crippen LogP contribution in [0.15, 0.2) is 13.5 Å². The van der Waals surface area contributed by atoms with Crippen molar-refractivity contribution >= 4 is 23.0 Å². The molecule has 0 radical (unpaired) electrons. The van der Waals surface area contributed by atoms with Crippen LogP contribution in [0.1, 0.15) is 195 Å². The molecule has 6 saturated carbocycles. The number of hydrogen-bond acceptors (Lipinski definition) is 9. The van der Waals surface area contributed by atoms with E-state index in [9.17, 15) is 0 Å². The second kappa shape index (κ2) is 19.0. The van der Waals surface area contributed by atoms with Crippen LogP contribution >= 0.6 is 23.0 Å². The fraction of sp³-hybridized carbons (Fsp3) is 1.00. The van der Waals surface area contributed by atoms with Gasteiger partial charge in [-0.05, 0) is 171 Å². The minimum atomic E-state index is -3.36.